The topological polar surface area (TPSA) is 74.8 Å². The van der Waals surface area contributed by atoms with Gasteiger partial charge in [-0.15, -0.1) is 0 Å². The van der Waals surface area contributed by atoms with Crippen LogP contribution in [-0.4, -0.2) is 37.8 Å². The molecule has 0 spiro atoms. The zero-order valence-corrected chi connectivity index (χ0v) is 15.1. The Morgan fingerprint density at radius 1 is 1.25 bits per heavy atom. The van der Waals surface area contributed by atoms with Gasteiger partial charge in [0.25, 0.3) is 0 Å². The fourth-order valence-electron chi connectivity index (χ4n) is 1.72. The Balaban J connectivity index is 2.30. The SMILES string of the molecule is CN=C(NCCNC(=O)OC(C)(C)C)NCc1ccc(F)c(Cl)c1. The van der Waals surface area contributed by atoms with Gasteiger partial charge in [-0.3, -0.25) is 4.99 Å². The molecule has 6 nitrogen and oxygen atoms in total. The van der Waals surface area contributed by atoms with E-state index in [1.165, 1.54) is 6.07 Å². The van der Waals surface area contributed by atoms with Gasteiger partial charge in [0.2, 0.25) is 0 Å². The number of nitrogens with one attached hydrogen (secondary N) is 3. The number of rotatable bonds is 5. The molecule has 24 heavy (non-hydrogen) atoms. The van der Waals surface area contributed by atoms with Gasteiger partial charge in [0.1, 0.15) is 11.4 Å². The van der Waals surface area contributed by atoms with E-state index in [4.69, 9.17) is 16.3 Å². The first-order valence-corrected chi connectivity index (χ1v) is 7.94. The highest BCUT2D eigenvalue weighted by atomic mass is 35.5. The van der Waals surface area contributed by atoms with E-state index in [9.17, 15) is 9.18 Å². The van der Waals surface area contributed by atoms with Gasteiger partial charge in [0.05, 0.1) is 5.02 Å². The Kier molecular flexibility index (Phi) is 7.78. The van der Waals surface area contributed by atoms with Crippen molar-refractivity contribution in [3.05, 3.63) is 34.6 Å². The predicted octanol–water partition coefficient (Wildman–Crippen LogP) is 2.67. The van der Waals surface area contributed by atoms with Crippen molar-refractivity contribution in [1.82, 2.24) is 16.0 Å². The first-order chi connectivity index (χ1) is 11.2. The Morgan fingerprint density at radius 2 is 1.92 bits per heavy atom. The lowest BCUT2D eigenvalue weighted by atomic mass is 10.2. The average molecular weight is 359 g/mol. The molecule has 0 aliphatic rings. The van der Waals surface area contributed by atoms with Crippen LogP contribution in [-0.2, 0) is 11.3 Å². The molecule has 1 aromatic rings. The van der Waals surface area contributed by atoms with Gasteiger partial charge < -0.3 is 20.7 Å². The number of carbonyl (C=O) groups excluding carboxylic acids is 1. The lowest BCUT2D eigenvalue weighted by Crippen LogP contribution is -2.42. The van der Waals surface area contributed by atoms with Crippen molar-refractivity contribution in [2.24, 2.45) is 4.99 Å². The molecule has 0 saturated heterocycles. The minimum atomic E-state index is -0.522. The first kappa shape index (κ1) is 20.0. The van der Waals surface area contributed by atoms with Crippen LogP contribution in [0.4, 0.5) is 9.18 Å². The number of amides is 1. The average Bonchev–Trinajstić information content (AvgIpc) is 2.48. The van der Waals surface area contributed by atoms with Gasteiger partial charge >= 0.3 is 6.09 Å². The van der Waals surface area contributed by atoms with E-state index in [1.54, 1.807) is 40.0 Å². The molecule has 0 fully saturated rings. The molecule has 3 N–H and O–H groups in total. The fourth-order valence-corrected chi connectivity index (χ4v) is 1.92. The molecule has 0 saturated carbocycles. The number of nitrogens with zero attached hydrogens (tertiary/aromatic N) is 1. The van der Waals surface area contributed by atoms with Crippen LogP contribution in [0.3, 0.4) is 0 Å². The smallest absolute Gasteiger partial charge is 0.407 e. The molecule has 1 rings (SSSR count). The summed E-state index contributed by atoms with van der Waals surface area (Å²) in [7, 11) is 1.63. The molecule has 0 aliphatic carbocycles. The number of benzene rings is 1. The van der Waals surface area contributed by atoms with Crippen LogP contribution in [0.25, 0.3) is 0 Å². The summed E-state index contributed by atoms with van der Waals surface area (Å²) in [4.78, 5) is 15.6. The van der Waals surface area contributed by atoms with Crippen molar-refractivity contribution >= 4 is 23.7 Å². The second-order valence-corrected chi connectivity index (χ2v) is 6.44. The summed E-state index contributed by atoms with van der Waals surface area (Å²) in [5, 5.41) is 8.84. The molecule has 1 aromatic carbocycles. The molecule has 1 amide bonds. The number of halogens is 2. The first-order valence-electron chi connectivity index (χ1n) is 7.56. The minimum Gasteiger partial charge on any atom is -0.444 e. The van der Waals surface area contributed by atoms with Crippen LogP contribution in [0.1, 0.15) is 26.3 Å². The molecular formula is C16H24ClFN4O2. The molecule has 0 unspecified atom stereocenters. The number of hydrogen-bond acceptors (Lipinski definition) is 3. The standard InChI is InChI=1S/C16H24ClFN4O2/c1-16(2,3)24-15(23)21-8-7-20-14(19-4)22-10-11-5-6-13(18)12(17)9-11/h5-6,9H,7-8,10H2,1-4H3,(H,21,23)(H2,19,20,22). The number of alkyl carbamates (subject to hydrolysis) is 1. The maximum absolute atomic E-state index is 13.1. The van der Waals surface area contributed by atoms with Crippen molar-refractivity contribution in [1.29, 1.82) is 0 Å². The molecule has 0 heterocycles. The van der Waals surface area contributed by atoms with Gasteiger partial charge in [-0.2, -0.15) is 0 Å². The summed E-state index contributed by atoms with van der Waals surface area (Å²) < 4.78 is 18.2. The van der Waals surface area contributed by atoms with Crippen molar-refractivity contribution in [2.75, 3.05) is 20.1 Å². The Bertz CT molecular complexity index is 588. The number of carbonyl (C=O) groups is 1. The number of ether oxygens (including phenoxy) is 1. The van der Waals surface area contributed by atoms with Gasteiger partial charge in [-0.05, 0) is 38.5 Å². The van der Waals surface area contributed by atoms with E-state index in [-0.39, 0.29) is 5.02 Å². The van der Waals surface area contributed by atoms with Crippen molar-refractivity contribution in [2.45, 2.75) is 32.9 Å². The van der Waals surface area contributed by atoms with Crippen molar-refractivity contribution in [3.63, 3.8) is 0 Å². The van der Waals surface area contributed by atoms with Crippen LogP contribution in [0.2, 0.25) is 5.02 Å². The van der Waals surface area contributed by atoms with Gasteiger partial charge in [-0.1, -0.05) is 17.7 Å². The summed E-state index contributed by atoms with van der Waals surface area (Å²) >= 11 is 5.74. The second kappa shape index (κ2) is 9.32. The van der Waals surface area contributed by atoms with Crippen LogP contribution >= 0.6 is 11.6 Å². The summed E-state index contributed by atoms with van der Waals surface area (Å²) in [6, 6.07) is 4.52. The Morgan fingerprint density at radius 3 is 2.50 bits per heavy atom. The molecule has 8 heteroatoms. The van der Waals surface area contributed by atoms with E-state index in [0.29, 0.717) is 25.6 Å². The predicted molar refractivity (Wildman–Crippen MR) is 93.8 cm³/mol. The summed E-state index contributed by atoms with van der Waals surface area (Å²) in [5.41, 5.74) is 0.308. The highest BCUT2D eigenvalue weighted by Crippen LogP contribution is 2.15. The van der Waals surface area contributed by atoms with Crippen molar-refractivity contribution in [3.8, 4) is 0 Å². The summed E-state index contributed by atoms with van der Waals surface area (Å²) in [6.07, 6.45) is -0.465. The maximum atomic E-state index is 13.1. The van der Waals surface area contributed by atoms with Gasteiger partial charge in [0, 0.05) is 26.7 Å². The Labute approximate surface area is 146 Å². The number of aliphatic imine (C=N–C) groups is 1. The monoisotopic (exact) mass is 358 g/mol. The van der Waals surface area contributed by atoms with E-state index < -0.39 is 17.5 Å². The highest BCUT2D eigenvalue weighted by Gasteiger charge is 2.15. The normalized spacial score (nSPS) is 11.8. The van der Waals surface area contributed by atoms with Crippen LogP contribution in [0.15, 0.2) is 23.2 Å². The van der Waals surface area contributed by atoms with Crippen molar-refractivity contribution < 1.29 is 13.9 Å². The highest BCUT2D eigenvalue weighted by molar-refractivity contribution is 6.30. The molecular weight excluding hydrogens is 335 g/mol. The molecule has 134 valence electrons. The van der Waals surface area contributed by atoms with Crippen LogP contribution in [0, 0.1) is 5.82 Å². The summed E-state index contributed by atoms with van der Waals surface area (Å²) in [5.74, 6) is 0.109. The molecule has 0 bridgehead atoms. The minimum absolute atomic E-state index is 0.0822. The quantitative estimate of drug-likeness (QED) is 0.430. The third-order valence-electron chi connectivity index (χ3n) is 2.75. The third-order valence-corrected chi connectivity index (χ3v) is 3.04. The molecule has 0 radical (unpaired) electrons. The van der Waals surface area contributed by atoms with E-state index in [1.807, 2.05) is 0 Å². The lowest BCUT2D eigenvalue weighted by Gasteiger charge is -2.20. The molecule has 0 aliphatic heterocycles. The maximum Gasteiger partial charge on any atom is 0.407 e. The van der Waals surface area contributed by atoms with E-state index in [2.05, 4.69) is 20.9 Å². The second-order valence-electron chi connectivity index (χ2n) is 6.03. The fraction of sp³-hybridized carbons (Fsp3) is 0.500. The van der Waals surface area contributed by atoms with E-state index in [0.717, 1.165) is 5.56 Å². The molecule has 0 aromatic heterocycles. The third kappa shape index (κ3) is 8.01. The largest absolute Gasteiger partial charge is 0.444 e. The lowest BCUT2D eigenvalue weighted by molar-refractivity contribution is 0.0529. The zero-order valence-electron chi connectivity index (χ0n) is 14.4. The van der Waals surface area contributed by atoms with Gasteiger partial charge in [0.15, 0.2) is 5.96 Å². The van der Waals surface area contributed by atoms with Crippen LogP contribution in [0.5, 0.6) is 0 Å². The summed E-state index contributed by atoms with van der Waals surface area (Å²) in [6.45, 7) is 6.72. The van der Waals surface area contributed by atoms with Gasteiger partial charge in [-0.25, -0.2) is 9.18 Å². The number of hydrogen-bond donors (Lipinski definition) is 3. The molecule has 0 atom stereocenters. The van der Waals surface area contributed by atoms with Crippen LogP contribution < -0.4 is 16.0 Å². The Hall–Kier alpha value is -2.02. The van der Waals surface area contributed by atoms with E-state index >= 15 is 0 Å². The zero-order chi connectivity index (χ0) is 18.2. The number of guanidine groups is 1.